The van der Waals surface area contributed by atoms with Crippen molar-refractivity contribution in [3.05, 3.63) is 47.1 Å². The molecule has 0 aromatic heterocycles. The van der Waals surface area contributed by atoms with Gasteiger partial charge in [-0.2, -0.15) is 0 Å². The van der Waals surface area contributed by atoms with Gasteiger partial charge in [-0.25, -0.2) is 0 Å². The Kier molecular flexibility index (Phi) is 3.30. The smallest absolute Gasteiger partial charge is 0.161 e. The van der Waals surface area contributed by atoms with Crippen LogP contribution in [0.5, 0.6) is 11.5 Å². The van der Waals surface area contributed by atoms with E-state index < -0.39 is 0 Å². The van der Waals surface area contributed by atoms with Crippen molar-refractivity contribution in [3.63, 3.8) is 0 Å². The Hall–Kier alpha value is -1.74. The van der Waals surface area contributed by atoms with E-state index in [9.17, 15) is 0 Å². The maximum atomic E-state index is 5.40. The summed E-state index contributed by atoms with van der Waals surface area (Å²) in [7, 11) is 3.35. The van der Waals surface area contributed by atoms with E-state index in [1.807, 2.05) is 6.07 Å². The van der Waals surface area contributed by atoms with E-state index in [-0.39, 0.29) is 0 Å². The molecule has 1 aromatic rings. The summed E-state index contributed by atoms with van der Waals surface area (Å²) in [6.45, 7) is 2.00. The fourth-order valence-corrected chi connectivity index (χ4v) is 2.94. The van der Waals surface area contributed by atoms with Crippen molar-refractivity contribution < 1.29 is 9.47 Å². The third-order valence-electron chi connectivity index (χ3n) is 3.94. The molecular formula is C16H19NO2. The van der Waals surface area contributed by atoms with Crippen LogP contribution in [0, 0.1) is 0 Å². The predicted molar refractivity (Wildman–Crippen MR) is 75.9 cm³/mol. The molecule has 1 unspecified atom stereocenters. The van der Waals surface area contributed by atoms with Crippen molar-refractivity contribution in [2.75, 3.05) is 27.3 Å². The van der Waals surface area contributed by atoms with Gasteiger partial charge in [-0.3, -0.25) is 0 Å². The number of ether oxygens (including phenoxy) is 2. The monoisotopic (exact) mass is 257 g/mol. The lowest BCUT2D eigenvalue weighted by atomic mass is 9.86. The van der Waals surface area contributed by atoms with Gasteiger partial charge in [-0.1, -0.05) is 18.2 Å². The molecule has 1 atom stereocenters. The van der Waals surface area contributed by atoms with Gasteiger partial charge in [-0.15, -0.1) is 0 Å². The second kappa shape index (κ2) is 5.10. The molecule has 1 aliphatic heterocycles. The second-order valence-corrected chi connectivity index (χ2v) is 4.96. The zero-order valence-corrected chi connectivity index (χ0v) is 11.4. The third-order valence-corrected chi connectivity index (χ3v) is 3.94. The molecule has 0 radical (unpaired) electrons. The number of methoxy groups -OCH3 is 2. The van der Waals surface area contributed by atoms with Gasteiger partial charge >= 0.3 is 0 Å². The summed E-state index contributed by atoms with van der Waals surface area (Å²) < 4.78 is 10.7. The molecule has 100 valence electrons. The lowest BCUT2D eigenvalue weighted by Crippen LogP contribution is -2.30. The van der Waals surface area contributed by atoms with Gasteiger partial charge in [0.15, 0.2) is 11.5 Å². The third kappa shape index (κ3) is 2.15. The van der Waals surface area contributed by atoms with Crippen LogP contribution in [0.4, 0.5) is 0 Å². The van der Waals surface area contributed by atoms with Gasteiger partial charge in [0.25, 0.3) is 0 Å². The summed E-state index contributed by atoms with van der Waals surface area (Å²) >= 11 is 0. The summed E-state index contributed by atoms with van der Waals surface area (Å²) in [4.78, 5) is 0. The standard InChI is InChI=1S/C16H19NO2/c1-18-15-7-6-11(8-16(15)19-2)14-10-17-9-12-4-3-5-13(12)14/h3,5-8,14,17H,4,9-10H2,1-2H3. The Morgan fingerprint density at radius 3 is 2.79 bits per heavy atom. The van der Waals surface area contributed by atoms with Gasteiger partial charge in [0, 0.05) is 19.0 Å². The minimum Gasteiger partial charge on any atom is -0.493 e. The molecule has 1 aromatic carbocycles. The Morgan fingerprint density at radius 1 is 1.16 bits per heavy atom. The molecule has 3 heteroatoms. The molecule has 0 fully saturated rings. The van der Waals surface area contributed by atoms with Crippen LogP contribution in [0.2, 0.25) is 0 Å². The largest absolute Gasteiger partial charge is 0.493 e. The second-order valence-electron chi connectivity index (χ2n) is 4.96. The molecule has 1 heterocycles. The van der Waals surface area contributed by atoms with E-state index >= 15 is 0 Å². The first kappa shape index (κ1) is 12.3. The van der Waals surface area contributed by atoms with Crippen LogP contribution in [-0.4, -0.2) is 27.3 Å². The van der Waals surface area contributed by atoms with Crippen molar-refractivity contribution in [2.45, 2.75) is 12.3 Å². The van der Waals surface area contributed by atoms with E-state index in [0.717, 1.165) is 31.0 Å². The van der Waals surface area contributed by atoms with Crippen molar-refractivity contribution in [2.24, 2.45) is 0 Å². The maximum absolute atomic E-state index is 5.40. The summed E-state index contributed by atoms with van der Waals surface area (Å²) in [6.07, 6.45) is 5.62. The molecule has 3 rings (SSSR count). The normalized spacial score (nSPS) is 21.5. The van der Waals surface area contributed by atoms with E-state index in [4.69, 9.17) is 9.47 Å². The van der Waals surface area contributed by atoms with Crippen LogP contribution in [0.1, 0.15) is 17.9 Å². The first-order chi connectivity index (χ1) is 9.33. The van der Waals surface area contributed by atoms with Crippen LogP contribution in [0.3, 0.4) is 0 Å². The number of hydrogen-bond donors (Lipinski definition) is 1. The molecule has 1 N–H and O–H groups in total. The van der Waals surface area contributed by atoms with Crippen LogP contribution in [-0.2, 0) is 0 Å². The Morgan fingerprint density at radius 2 is 2.00 bits per heavy atom. The molecule has 1 aliphatic carbocycles. The average Bonchev–Trinajstić information content (AvgIpc) is 2.94. The molecule has 19 heavy (non-hydrogen) atoms. The Labute approximate surface area is 113 Å². The van der Waals surface area contributed by atoms with E-state index in [1.54, 1.807) is 14.2 Å². The molecule has 0 saturated carbocycles. The number of nitrogens with one attached hydrogen (secondary N) is 1. The highest BCUT2D eigenvalue weighted by Crippen LogP contribution is 2.38. The molecule has 0 bridgehead atoms. The first-order valence-corrected chi connectivity index (χ1v) is 6.64. The van der Waals surface area contributed by atoms with E-state index in [0.29, 0.717) is 5.92 Å². The van der Waals surface area contributed by atoms with E-state index in [2.05, 4.69) is 29.6 Å². The fraction of sp³-hybridized carbons (Fsp3) is 0.375. The first-order valence-electron chi connectivity index (χ1n) is 6.64. The van der Waals surface area contributed by atoms with Gasteiger partial charge in [-0.05, 0) is 35.3 Å². The maximum Gasteiger partial charge on any atom is 0.161 e. The number of allylic oxidation sites excluding steroid dienone is 2. The van der Waals surface area contributed by atoms with Gasteiger partial charge in [0.2, 0.25) is 0 Å². The van der Waals surface area contributed by atoms with Crippen LogP contribution in [0.15, 0.2) is 41.5 Å². The molecule has 0 saturated heterocycles. The lowest BCUT2D eigenvalue weighted by molar-refractivity contribution is 0.354. The fourth-order valence-electron chi connectivity index (χ4n) is 2.94. The summed E-state index contributed by atoms with van der Waals surface area (Å²) in [5.74, 6) is 2.00. The lowest BCUT2D eigenvalue weighted by Gasteiger charge is -2.26. The van der Waals surface area contributed by atoms with Crippen LogP contribution in [0.25, 0.3) is 0 Å². The van der Waals surface area contributed by atoms with Gasteiger partial charge < -0.3 is 14.8 Å². The van der Waals surface area contributed by atoms with Crippen molar-refractivity contribution in [1.29, 1.82) is 0 Å². The van der Waals surface area contributed by atoms with Crippen LogP contribution >= 0.6 is 0 Å². The highest BCUT2D eigenvalue weighted by atomic mass is 16.5. The number of rotatable bonds is 3. The quantitative estimate of drug-likeness (QED) is 0.903. The van der Waals surface area contributed by atoms with Crippen LogP contribution < -0.4 is 14.8 Å². The van der Waals surface area contributed by atoms with E-state index in [1.165, 1.54) is 16.7 Å². The molecular weight excluding hydrogens is 238 g/mol. The Balaban J connectivity index is 1.98. The summed E-state index contributed by atoms with van der Waals surface area (Å²) in [5, 5.41) is 3.50. The van der Waals surface area contributed by atoms with Crippen molar-refractivity contribution >= 4 is 0 Å². The highest BCUT2D eigenvalue weighted by Gasteiger charge is 2.25. The minimum atomic E-state index is 0.419. The number of hydrogen-bond acceptors (Lipinski definition) is 3. The Bertz CT molecular complexity index is 546. The molecule has 0 spiro atoms. The topological polar surface area (TPSA) is 30.5 Å². The summed E-state index contributed by atoms with van der Waals surface area (Å²) in [6, 6.07) is 6.21. The molecule has 0 amide bonds. The molecule has 2 aliphatic rings. The SMILES string of the molecule is COc1ccc(C2CNCC3=C2C=CC3)cc1OC. The zero-order chi connectivity index (χ0) is 13.2. The van der Waals surface area contributed by atoms with Gasteiger partial charge in [0.05, 0.1) is 14.2 Å². The van der Waals surface area contributed by atoms with Crippen molar-refractivity contribution in [1.82, 2.24) is 5.32 Å². The predicted octanol–water partition coefficient (Wildman–Crippen LogP) is 2.65. The summed E-state index contributed by atoms with van der Waals surface area (Å²) in [5.41, 5.74) is 4.28. The zero-order valence-electron chi connectivity index (χ0n) is 11.4. The minimum absolute atomic E-state index is 0.419. The highest BCUT2D eigenvalue weighted by molar-refractivity contribution is 5.50. The van der Waals surface area contributed by atoms with Gasteiger partial charge in [0.1, 0.15) is 0 Å². The average molecular weight is 257 g/mol. The van der Waals surface area contributed by atoms with Crippen molar-refractivity contribution in [3.8, 4) is 11.5 Å². The molecule has 3 nitrogen and oxygen atoms in total. The number of benzene rings is 1.